The molecule has 16 heavy (non-hydrogen) atoms. The number of hydrogen-bond donors (Lipinski definition) is 1. The van der Waals surface area contributed by atoms with Crippen LogP contribution in [0, 0.1) is 0 Å². The van der Waals surface area contributed by atoms with Gasteiger partial charge in [0.2, 0.25) is 0 Å². The molecule has 1 N–H and O–H groups in total. The smallest absolute Gasteiger partial charge is 0.148 e. The highest BCUT2D eigenvalue weighted by Gasteiger charge is 2.15. The third kappa shape index (κ3) is 6.73. The van der Waals surface area contributed by atoms with E-state index in [1.165, 1.54) is 12.0 Å². The molecule has 1 rings (SSSR count). The first-order valence-corrected chi connectivity index (χ1v) is 8.81. The van der Waals surface area contributed by atoms with E-state index in [1.807, 2.05) is 11.8 Å². The summed E-state index contributed by atoms with van der Waals surface area (Å²) in [7, 11) is -2.82. The predicted molar refractivity (Wildman–Crippen MR) is 70.9 cm³/mol. The Morgan fingerprint density at radius 1 is 1.44 bits per heavy atom. The number of nitrogens with one attached hydrogen (secondary N) is 1. The maximum Gasteiger partial charge on any atom is 0.148 e. The Hall–Kier alpha value is 0.220. The van der Waals surface area contributed by atoms with E-state index < -0.39 is 9.84 Å². The van der Waals surface area contributed by atoms with Gasteiger partial charge in [0.1, 0.15) is 9.84 Å². The first kappa shape index (κ1) is 14.3. The summed E-state index contributed by atoms with van der Waals surface area (Å²) in [6, 6.07) is 0. The summed E-state index contributed by atoms with van der Waals surface area (Å²) in [4.78, 5) is 2.44. The Kier molecular flexibility index (Phi) is 6.10. The van der Waals surface area contributed by atoms with Gasteiger partial charge in [0.15, 0.2) is 0 Å². The van der Waals surface area contributed by atoms with Crippen LogP contribution in [0.15, 0.2) is 0 Å². The molecule has 1 aliphatic rings. The van der Waals surface area contributed by atoms with E-state index in [0.29, 0.717) is 6.54 Å². The standard InChI is InChI=1S/C10H22N2O2S2/c1-10-9-12(6-7-15-10)5-3-11-4-8-16(2,13)14/h10-11H,3-9H2,1-2H3. The zero-order chi connectivity index (χ0) is 12.0. The number of sulfone groups is 1. The summed E-state index contributed by atoms with van der Waals surface area (Å²) in [6.07, 6.45) is 1.28. The van der Waals surface area contributed by atoms with E-state index in [4.69, 9.17) is 0 Å². The summed E-state index contributed by atoms with van der Waals surface area (Å²) >= 11 is 2.03. The van der Waals surface area contributed by atoms with E-state index in [2.05, 4.69) is 17.1 Å². The maximum absolute atomic E-state index is 10.9. The number of thioether (sulfide) groups is 1. The maximum atomic E-state index is 10.9. The molecule has 1 unspecified atom stereocenters. The number of rotatable bonds is 6. The van der Waals surface area contributed by atoms with Gasteiger partial charge in [0.05, 0.1) is 5.75 Å². The summed E-state index contributed by atoms with van der Waals surface area (Å²) in [5, 5.41) is 3.90. The Balaban J connectivity index is 2.02. The van der Waals surface area contributed by atoms with Crippen molar-refractivity contribution in [3.8, 4) is 0 Å². The SMILES string of the molecule is CC1CN(CCNCCS(C)(=O)=O)CCS1. The van der Waals surface area contributed by atoms with Crippen molar-refractivity contribution in [1.82, 2.24) is 10.2 Å². The lowest BCUT2D eigenvalue weighted by atomic mass is 10.4. The van der Waals surface area contributed by atoms with Gasteiger partial charge in [-0.2, -0.15) is 11.8 Å². The van der Waals surface area contributed by atoms with E-state index in [1.54, 1.807) is 0 Å². The van der Waals surface area contributed by atoms with Crippen molar-refractivity contribution in [1.29, 1.82) is 0 Å². The Labute approximate surface area is 103 Å². The molecule has 1 heterocycles. The minimum atomic E-state index is -2.82. The molecule has 1 aliphatic heterocycles. The van der Waals surface area contributed by atoms with E-state index >= 15 is 0 Å². The number of nitrogens with zero attached hydrogens (tertiary/aromatic N) is 1. The average molecular weight is 266 g/mol. The quantitative estimate of drug-likeness (QED) is 0.689. The molecular weight excluding hydrogens is 244 g/mol. The third-order valence-corrected chi connectivity index (χ3v) is 4.66. The fourth-order valence-electron chi connectivity index (χ4n) is 1.71. The molecule has 0 aromatic carbocycles. The van der Waals surface area contributed by atoms with Gasteiger partial charge in [-0.25, -0.2) is 8.42 Å². The van der Waals surface area contributed by atoms with Crippen LogP contribution in [0.1, 0.15) is 6.92 Å². The van der Waals surface area contributed by atoms with Crippen LogP contribution >= 0.6 is 11.8 Å². The molecule has 0 spiro atoms. The lowest BCUT2D eigenvalue weighted by Crippen LogP contribution is -2.41. The van der Waals surface area contributed by atoms with Crippen LogP contribution in [0.2, 0.25) is 0 Å². The molecule has 96 valence electrons. The molecule has 1 atom stereocenters. The highest BCUT2D eigenvalue weighted by atomic mass is 32.2. The second kappa shape index (κ2) is 6.83. The fraction of sp³-hybridized carbons (Fsp3) is 1.00. The van der Waals surface area contributed by atoms with Crippen molar-refractivity contribution in [3.05, 3.63) is 0 Å². The molecule has 0 aromatic rings. The van der Waals surface area contributed by atoms with Crippen molar-refractivity contribution in [2.24, 2.45) is 0 Å². The molecule has 0 saturated carbocycles. The van der Waals surface area contributed by atoms with Gasteiger partial charge < -0.3 is 10.2 Å². The van der Waals surface area contributed by atoms with E-state index in [9.17, 15) is 8.42 Å². The molecule has 4 nitrogen and oxygen atoms in total. The second-order valence-corrected chi connectivity index (χ2v) is 8.17. The normalized spacial score (nSPS) is 23.5. The first-order chi connectivity index (χ1) is 7.47. The van der Waals surface area contributed by atoms with Crippen molar-refractivity contribution in [2.75, 3.05) is 50.5 Å². The highest BCUT2D eigenvalue weighted by molar-refractivity contribution is 7.99. The summed E-state index contributed by atoms with van der Waals surface area (Å²) in [5.74, 6) is 1.45. The van der Waals surface area contributed by atoms with Gasteiger partial charge in [0, 0.05) is 50.0 Å². The van der Waals surface area contributed by atoms with Gasteiger partial charge in [-0.3, -0.25) is 0 Å². The average Bonchev–Trinajstić information content (AvgIpc) is 2.15. The Morgan fingerprint density at radius 3 is 2.81 bits per heavy atom. The second-order valence-electron chi connectivity index (χ2n) is 4.36. The van der Waals surface area contributed by atoms with Crippen molar-refractivity contribution >= 4 is 21.6 Å². The van der Waals surface area contributed by atoms with Crippen molar-refractivity contribution in [2.45, 2.75) is 12.2 Å². The molecule has 0 aliphatic carbocycles. The fourth-order valence-corrected chi connectivity index (χ4v) is 3.31. The molecule has 6 heteroatoms. The molecule has 1 fully saturated rings. The molecule has 0 amide bonds. The van der Waals surface area contributed by atoms with Crippen LogP contribution in [0.4, 0.5) is 0 Å². The third-order valence-electron chi connectivity index (χ3n) is 2.58. The van der Waals surface area contributed by atoms with Gasteiger partial charge in [-0.15, -0.1) is 0 Å². The molecular formula is C10H22N2O2S2. The van der Waals surface area contributed by atoms with Crippen LogP contribution in [-0.4, -0.2) is 69.1 Å². The van der Waals surface area contributed by atoms with Crippen LogP contribution in [0.25, 0.3) is 0 Å². The Morgan fingerprint density at radius 2 is 2.19 bits per heavy atom. The van der Waals surface area contributed by atoms with Crippen molar-refractivity contribution in [3.63, 3.8) is 0 Å². The summed E-state index contributed by atoms with van der Waals surface area (Å²) in [5.41, 5.74) is 0. The molecule has 0 radical (unpaired) electrons. The monoisotopic (exact) mass is 266 g/mol. The minimum absolute atomic E-state index is 0.235. The van der Waals surface area contributed by atoms with Gasteiger partial charge in [-0.05, 0) is 0 Å². The van der Waals surface area contributed by atoms with Crippen LogP contribution in [0.5, 0.6) is 0 Å². The van der Waals surface area contributed by atoms with E-state index in [-0.39, 0.29) is 5.75 Å². The topological polar surface area (TPSA) is 49.4 Å². The zero-order valence-corrected chi connectivity index (χ0v) is 11.7. The van der Waals surface area contributed by atoms with Crippen LogP contribution < -0.4 is 5.32 Å². The molecule has 1 saturated heterocycles. The summed E-state index contributed by atoms with van der Waals surface area (Å²) in [6.45, 7) is 7.04. The highest BCUT2D eigenvalue weighted by Crippen LogP contribution is 2.16. The lowest BCUT2D eigenvalue weighted by Gasteiger charge is -2.30. The lowest BCUT2D eigenvalue weighted by molar-refractivity contribution is 0.286. The number of hydrogen-bond acceptors (Lipinski definition) is 5. The molecule has 0 bridgehead atoms. The van der Waals surface area contributed by atoms with Crippen molar-refractivity contribution < 1.29 is 8.42 Å². The van der Waals surface area contributed by atoms with Gasteiger partial charge >= 0.3 is 0 Å². The zero-order valence-electron chi connectivity index (χ0n) is 10.1. The summed E-state index contributed by atoms with van der Waals surface area (Å²) < 4.78 is 21.8. The van der Waals surface area contributed by atoms with Gasteiger partial charge in [0.25, 0.3) is 0 Å². The predicted octanol–water partition coefficient (Wildman–Crippen LogP) is 0.0579. The van der Waals surface area contributed by atoms with Gasteiger partial charge in [-0.1, -0.05) is 6.92 Å². The van der Waals surface area contributed by atoms with E-state index in [0.717, 1.165) is 31.4 Å². The Bertz CT molecular complexity index is 293. The van der Waals surface area contributed by atoms with Crippen LogP contribution in [0.3, 0.4) is 0 Å². The first-order valence-electron chi connectivity index (χ1n) is 5.70. The molecule has 0 aromatic heterocycles. The minimum Gasteiger partial charge on any atom is -0.314 e. The van der Waals surface area contributed by atoms with Crippen LogP contribution in [-0.2, 0) is 9.84 Å². The largest absolute Gasteiger partial charge is 0.314 e.